The van der Waals surface area contributed by atoms with Crippen molar-refractivity contribution in [3.05, 3.63) is 77.6 Å². The zero-order chi connectivity index (χ0) is 21.6. The van der Waals surface area contributed by atoms with E-state index in [1.54, 1.807) is 13.0 Å². The number of hydrogen-bond donors (Lipinski definition) is 0. The number of aryl methyl sites for hydroxylation is 1. The Kier molecular flexibility index (Phi) is 5.93. The van der Waals surface area contributed by atoms with Crippen LogP contribution < -0.4 is 0 Å². The highest BCUT2D eigenvalue weighted by atomic mass is 16.5. The number of ether oxygens (including phenoxy) is 1. The molecule has 0 atom stereocenters. The number of rotatable bonds is 6. The van der Waals surface area contributed by atoms with Gasteiger partial charge in [0.25, 0.3) is 5.91 Å². The third-order valence-corrected chi connectivity index (χ3v) is 4.69. The number of amides is 1. The van der Waals surface area contributed by atoms with Crippen LogP contribution in [0.1, 0.15) is 23.4 Å². The minimum Gasteiger partial charge on any atom is -0.451 e. The first kappa shape index (κ1) is 20.1. The zero-order valence-electron chi connectivity index (χ0n) is 16.9. The second-order valence-electron chi connectivity index (χ2n) is 6.83. The highest BCUT2D eigenvalue weighted by Crippen LogP contribution is 2.16. The highest BCUT2D eigenvalue weighted by molar-refractivity contribution is 6.15. The lowest BCUT2D eigenvalue weighted by atomic mass is 10.1. The lowest BCUT2D eigenvalue weighted by Crippen LogP contribution is -2.29. The van der Waals surface area contributed by atoms with Gasteiger partial charge in [-0.3, -0.25) is 4.79 Å². The molecule has 9 heteroatoms. The van der Waals surface area contributed by atoms with Gasteiger partial charge in [-0.05, 0) is 34.6 Å². The maximum Gasteiger partial charge on any atom is 0.357 e. The van der Waals surface area contributed by atoms with Gasteiger partial charge in [-0.1, -0.05) is 60.7 Å². The SMILES string of the molecule is Cc1nnnn1/C(=C\c1ccccc1)C(=O)OCC(=O)N1CCC(c2ccccc2)=N1. The maximum absolute atomic E-state index is 12.8. The highest BCUT2D eigenvalue weighted by Gasteiger charge is 2.24. The molecule has 1 aliphatic heterocycles. The van der Waals surface area contributed by atoms with Gasteiger partial charge in [-0.2, -0.15) is 9.78 Å². The molecule has 0 saturated heterocycles. The Morgan fingerprint density at radius 3 is 2.45 bits per heavy atom. The summed E-state index contributed by atoms with van der Waals surface area (Å²) in [5.74, 6) is -0.687. The minimum absolute atomic E-state index is 0.108. The second kappa shape index (κ2) is 9.12. The standard InChI is InChI=1S/C22H20N6O3/c1-16-23-25-26-28(16)20(14-17-8-4-2-5-9-17)22(30)31-15-21(29)27-13-12-19(24-27)18-10-6-3-7-11-18/h2-11,14H,12-13,15H2,1H3/b20-14-. The molecule has 0 N–H and O–H groups in total. The largest absolute Gasteiger partial charge is 0.451 e. The van der Waals surface area contributed by atoms with Crippen molar-refractivity contribution in [2.24, 2.45) is 5.10 Å². The van der Waals surface area contributed by atoms with Gasteiger partial charge in [0.05, 0.1) is 12.3 Å². The molecule has 0 unspecified atom stereocenters. The molecule has 0 fully saturated rings. The van der Waals surface area contributed by atoms with E-state index < -0.39 is 18.5 Å². The fourth-order valence-electron chi connectivity index (χ4n) is 3.11. The van der Waals surface area contributed by atoms with Crippen molar-refractivity contribution < 1.29 is 14.3 Å². The van der Waals surface area contributed by atoms with E-state index in [0.29, 0.717) is 18.8 Å². The van der Waals surface area contributed by atoms with Crippen LogP contribution in [0.4, 0.5) is 0 Å². The van der Waals surface area contributed by atoms with Gasteiger partial charge in [-0.25, -0.2) is 9.80 Å². The molecule has 0 aliphatic carbocycles. The quantitative estimate of drug-likeness (QED) is 0.451. The first-order valence-electron chi connectivity index (χ1n) is 9.74. The molecule has 2 heterocycles. The van der Waals surface area contributed by atoms with E-state index in [1.165, 1.54) is 9.69 Å². The van der Waals surface area contributed by atoms with E-state index >= 15 is 0 Å². The van der Waals surface area contributed by atoms with Crippen LogP contribution in [0.5, 0.6) is 0 Å². The molecule has 1 amide bonds. The number of aromatic nitrogens is 4. The number of carbonyl (C=O) groups is 2. The molecule has 3 aromatic rings. The predicted octanol–water partition coefficient (Wildman–Crippen LogP) is 2.16. The summed E-state index contributed by atoms with van der Waals surface area (Å²) in [6.45, 7) is 1.68. The van der Waals surface area contributed by atoms with Crippen LogP contribution in [-0.4, -0.2) is 56.0 Å². The average Bonchev–Trinajstić information content (AvgIpc) is 3.46. The van der Waals surface area contributed by atoms with Gasteiger partial charge in [0.2, 0.25) is 0 Å². The molecule has 31 heavy (non-hydrogen) atoms. The Balaban J connectivity index is 1.46. The van der Waals surface area contributed by atoms with Gasteiger partial charge < -0.3 is 4.74 Å². The molecule has 4 rings (SSSR count). The van der Waals surface area contributed by atoms with E-state index in [-0.39, 0.29) is 5.70 Å². The van der Waals surface area contributed by atoms with Crippen LogP contribution in [0.25, 0.3) is 11.8 Å². The molecule has 9 nitrogen and oxygen atoms in total. The van der Waals surface area contributed by atoms with Crippen LogP contribution in [0, 0.1) is 6.92 Å². The first-order chi connectivity index (χ1) is 15.1. The summed E-state index contributed by atoms with van der Waals surface area (Å²) in [4.78, 5) is 25.3. The van der Waals surface area contributed by atoms with Crippen LogP contribution in [0.3, 0.4) is 0 Å². The Morgan fingerprint density at radius 2 is 1.77 bits per heavy atom. The van der Waals surface area contributed by atoms with Gasteiger partial charge in [0.15, 0.2) is 18.1 Å². The molecule has 0 saturated carbocycles. The summed E-state index contributed by atoms with van der Waals surface area (Å²) in [5.41, 5.74) is 2.68. The Labute approximate surface area is 178 Å². The molecule has 0 spiro atoms. The maximum atomic E-state index is 12.8. The van der Waals surface area contributed by atoms with Crippen molar-refractivity contribution in [2.75, 3.05) is 13.2 Å². The van der Waals surface area contributed by atoms with E-state index in [0.717, 1.165) is 16.8 Å². The van der Waals surface area contributed by atoms with Crippen molar-refractivity contribution >= 4 is 29.4 Å². The Bertz CT molecular complexity index is 1140. The normalized spacial score (nSPS) is 13.8. The van der Waals surface area contributed by atoms with Gasteiger partial charge in [0.1, 0.15) is 0 Å². The lowest BCUT2D eigenvalue weighted by Gasteiger charge is -2.13. The Morgan fingerprint density at radius 1 is 1.06 bits per heavy atom. The van der Waals surface area contributed by atoms with Gasteiger partial charge in [-0.15, -0.1) is 5.10 Å². The van der Waals surface area contributed by atoms with E-state index in [4.69, 9.17) is 4.74 Å². The van der Waals surface area contributed by atoms with Crippen molar-refractivity contribution in [2.45, 2.75) is 13.3 Å². The summed E-state index contributed by atoms with van der Waals surface area (Å²) in [6.07, 6.45) is 2.25. The predicted molar refractivity (Wildman–Crippen MR) is 113 cm³/mol. The molecule has 1 aliphatic rings. The van der Waals surface area contributed by atoms with Gasteiger partial charge >= 0.3 is 5.97 Å². The lowest BCUT2D eigenvalue weighted by molar-refractivity contribution is -0.147. The number of nitrogens with zero attached hydrogens (tertiary/aromatic N) is 6. The van der Waals surface area contributed by atoms with E-state index in [9.17, 15) is 9.59 Å². The molecule has 2 aromatic carbocycles. The molecule has 1 aromatic heterocycles. The zero-order valence-corrected chi connectivity index (χ0v) is 16.9. The summed E-state index contributed by atoms with van der Waals surface area (Å²) in [7, 11) is 0. The number of carbonyl (C=O) groups excluding carboxylic acids is 2. The van der Waals surface area contributed by atoms with Crippen LogP contribution >= 0.6 is 0 Å². The second-order valence-corrected chi connectivity index (χ2v) is 6.83. The van der Waals surface area contributed by atoms with E-state index in [1.807, 2.05) is 60.7 Å². The fourth-order valence-corrected chi connectivity index (χ4v) is 3.11. The molecule has 0 radical (unpaired) electrons. The van der Waals surface area contributed by atoms with Crippen molar-refractivity contribution in [3.63, 3.8) is 0 Å². The molecular weight excluding hydrogens is 396 g/mol. The summed E-state index contributed by atoms with van der Waals surface area (Å²) in [5, 5.41) is 17.0. The van der Waals surface area contributed by atoms with Crippen LogP contribution in [-0.2, 0) is 14.3 Å². The minimum atomic E-state index is -0.709. The van der Waals surface area contributed by atoms with Crippen molar-refractivity contribution in [1.82, 2.24) is 25.2 Å². The smallest absolute Gasteiger partial charge is 0.357 e. The topological polar surface area (TPSA) is 103 Å². The summed E-state index contributed by atoms with van der Waals surface area (Å²) >= 11 is 0. The van der Waals surface area contributed by atoms with Crippen molar-refractivity contribution in [3.8, 4) is 0 Å². The Hall–Kier alpha value is -4.14. The van der Waals surface area contributed by atoms with Gasteiger partial charge in [0, 0.05) is 6.42 Å². The number of hydrazone groups is 1. The average molecular weight is 416 g/mol. The summed E-state index contributed by atoms with van der Waals surface area (Å²) < 4.78 is 6.57. The van der Waals surface area contributed by atoms with Crippen LogP contribution in [0.2, 0.25) is 0 Å². The number of tetrazole rings is 1. The summed E-state index contributed by atoms with van der Waals surface area (Å²) in [6, 6.07) is 18.9. The number of hydrogen-bond acceptors (Lipinski definition) is 7. The first-order valence-corrected chi connectivity index (χ1v) is 9.74. The number of esters is 1. The molecular formula is C22H20N6O3. The van der Waals surface area contributed by atoms with E-state index in [2.05, 4.69) is 20.6 Å². The molecule has 156 valence electrons. The monoisotopic (exact) mass is 416 g/mol. The third kappa shape index (κ3) is 4.72. The number of benzene rings is 2. The van der Waals surface area contributed by atoms with Crippen LogP contribution in [0.15, 0.2) is 65.8 Å². The van der Waals surface area contributed by atoms with Crippen molar-refractivity contribution in [1.29, 1.82) is 0 Å². The fraction of sp³-hybridized carbons (Fsp3) is 0.182. The third-order valence-electron chi connectivity index (χ3n) is 4.69. The molecule has 0 bridgehead atoms.